The smallest absolute Gasteiger partial charge is 1.00 e. The first-order valence-corrected chi connectivity index (χ1v) is 10.9. The van der Waals surface area contributed by atoms with Crippen LogP contribution in [0.1, 0.15) is 29.6 Å². The van der Waals surface area contributed by atoms with Crippen molar-refractivity contribution in [1.82, 2.24) is 14.5 Å². The standard InChI is InChI=1S/C25H25N7O3.Na.H/c1-31-20-10-7-17(25(35)32(13-11-23(33)34)21-4-2-3-12-28-21)14-19(20)30-22(31)15-29-18-8-5-16(6-9-18)24(26)27;;/h2-10,12,14,29H,11,13,15H2,1H3,(H3,26,27)(H,33,34);;/q;+1;-1. The molecule has 180 valence electrons. The van der Waals surface area contributed by atoms with Crippen LogP contribution in [0.2, 0.25) is 0 Å². The van der Waals surface area contributed by atoms with Gasteiger partial charge in [0, 0.05) is 36.6 Å². The second kappa shape index (κ2) is 11.8. The molecular formula is C25H26N7NaO3. The quantitative estimate of drug-likeness (QED) is 0.146. The van der Waals surface area contributed by atoms with Gasteiger partial charge < -0.3 is 22.2 Å². The van der Waals surface area contributed by atoms with E-state index in [4.69, 9.17) is 16.2 Å². The number of aliphatic carboxylic acids is 1. The number of nitrogens with one attached hydrogen (secondary N) is 2. The van der Waals surface area contributed by atoms with Crippen LogP contribution < -0.4 is 45.5 Å². The molecule has 5 N–H and O–H groups in total. The average molecular weight is 496 g/mol. The molecule has 10 nitrogen and oxygen atoms in total. The van der Waals surface area contributed by atoms with Crippen molar-refractivity contribution in [3.05, 3.63) is 83.8 Å². The summed E-state index contributed by atoms with van der Waals surface area (Å²) in [6.07, 6.45) is 1.36. The van der Waals surface area contributed by atoms with Gasteiger partial charge in [-0.15, -0.1) is 0 Å². The minimum Gasteiger partial charge on any atom is -1.00 e. The van der Waals surface area contributed by atoms with Crippen LogP contribution >= 0.6 is 0 Å². The fourth-order valence-corrected chi connectivity index (χ4v) is 3.69. The Morgan fingerprint density at radius 2 is 1.86 bits per heavy atom. The minimum absolute atomic E-state index is 0. The van der Waals surface area contributed by atoms with E-state index in [-0.39, 0.29) is 55.7 Å². The molecule has 1 amide bonds. The van der Waals surface area contributed by atoms with Gasteiger partial charge in [-0.1, -0.05) is 6.07 Å². The number of carbonyl (C=O) groups is 2. The monoisotopic (exact) mass is 495 g/mol. The molecule has 0 saturated heterocycles. The van der Waals surface area contributed by atoms with Gasteiger partial charge >= 0.3 is 35.5 Å². The van der Waals surface area contributed by atoms with Crippen molar-refractivity contribution >= 4 is 40.3 Å². The molecule has 2 aromatic carbocycles. The van der Waals surface area contributed by atoms with E-state index in [1.54, 1.807) is 48.7 Å². The maximum atomic E-state index is 13.3. The topological polar surface area (TPSA) is 150 Å². The van der Waals surface area contributed by atoms with E-state index >= 15 is 0 Å². The molecule has 0 aliphatic heterocycles. The number of aromatic nitrogens is 3. The number of anilines is 2. The third-order valence-corrected chi connectivity index (χ3v) is 5.59. The van der Waals surface area contributed by atoms with Gasteiger partial charge in [0.15, 0.2) is 0 Å². The molecular weight excluding hydrogens is 469 g/mol. The summed E-state index contributed by atoms with van der Waals surface area (Å²) in [6.45, 7) is 0.454. The summed E-state index contributed by atoms with van der Waals surface area (Å²) >= 11 is 0. The van der Waals surface area contributed by atoms with E-state index in [0.29, 0.717) is 29.0 Å². The third-order valence-electron chi connectivity index (χ3n) is 5.59. The van der Waals surface area contributed by atoms with Crippen molar-refractivity contribution < 1.29 is 45.7 Å². The number of pyridine rings is 1. The predicted molar refractivity (Wildman–Crippen MR) is 135 cm³/mol. The summed E-state index contributed by atoms with van der Waals surface area (Å²) in [5.41, 5.74) is 8.92. The van der Waals surface area contributed by atoms with Crippen molar-refractivity contribution in [2.45, 2.75) is 13.0 Å². The average Bonchev–Trinajstić information content (AvgIpc) is 3.18. The summed E-state index contributed by atoms with van der Waals surface area (Å²) in [6, 6.07) is 17.6. The maximum absolute atomic E-state index is 13.3. The second-order valence-corrected chi connectivity index (χ2v) is 7.92. The number of benzene rings is 2. The molecule has 0 unspecified atom stereocenters. The number of hydrogen-bond acceptors (Lipinski definition) is 6. The first kappa shape index (κ1) is 26.9. The zero-order valence-corrected chi connectivity index (χ0v) is 22.1. The minimum atomic E-state index is -0.994. The number of carbonyl (C=O) groups excluding carboxylic acids is 1. The molecule has 0 aliphatic rings. The number of fused-ring (bicyclic) bond motifs is 1. The van der Waals surface area contributed by atoms with Crippen molar-refractivity contribution in [3.63, 3.8) is 0 Å². The molecule has 0 radical (unpaired) electrons. The van der Waals surface area contributed by atoms with Gasteiger partial charge in [0.2, 0.25) is 0 Å². The zero-order chi connectivity index (χ0) is 24.9. The van der Waals surface area contributed by atoms with Gasteiger partial charge in [-0.2, -0.15) is 0 Å². The maximum Gasteiger partial charge on any atom is 1.00 e. The van der Waals surface area contributed by atoms with Crippen LogP contribution in [-0.4, -0.2) is 43.9 Å². The molecule has 11 heteroatoms. The number of aryl methyl sites for hydroxylation is 1. The zero-order valence-electron chi connectivity index (χ0n) is 21.1. The number of hydrogen-bond donors (Lipinski definition) is 4. The van der Waals surface area contributed by atoms with Gasteiger partial charge in [-0.05, 0) is 54.6 Å². The van der Waals surface area contributed by atoms with Gasteiger partial charge in [-0.25, -0.2) is 9.97 Å². The van der Waals surface area contributed by atoms with E-state index < -0.39 is 5.97 Å². The summed E-state index contributed by atoms with van der Waals surface area (Å²) in [5, 5.41) is 19.9. The van der Waals surface area contributed by atoms with Crippen molar-refractivity contribution in [3.8, 4) is 0 Å². The predicted octanol–water partition coefficient (Wildman–Crippen LogP) is 0.102. The number of amides is 1. The Hall–Kier alpha value is -3.73. The summed E-state index contributed by atoms with van der Waals surface area (Å²) in [7, 11) is 1.90. The largest absolute Gasteiger partial charge is 1.00 e. The molecule has 2 aromatic heterocycles. The van der Waals surface area contributed by atoms with Crippen LogP contribution in [0.25, 0.3) is 11.0 Å². The number of imidazole rings is 1. The number of nitrogens with zero attached hydrogens (tertiary/aromatic N) is 4. The number of amidine groups is 1. The summed E-state index contributed by atoms with van der Waals surface area (Å²) in [5.74, 6) is -0.162. The molecule has 0 spiro atoms. The number of rotatable bonds is 9. The van der Waals surface area contributed by atoms with E-state index in [9.17, 15) is 9.59 Å². The number of nitrogen functional groups attached to an aromatic ring is 1. The second-order valence-electron chi connectivity index (χ2n) is 7.92. The SMILES string of the molecule is Cn1c(CNc2ccc(C(=N)N)cc2)nc2cc(C(=O)N(CCC(=O)O)c3ccccn3)ccc21.[H-].[Na+]. The molecule has 4 rings (SSSR count). The van der Waals surface area contributed by atoms with Crippen LogP contribution in [0.3, 0.4) is 0 Å². The summed E-state index contributed by atoms with van der Waals surface area (Å²) in [4.78, 5) is 34.7. The molecule has 0 fully saturated rings. The molecule has 4 aromatic rings. The van der Waals surface area contributed by atoms with Crippen molar-refractivity contribution in [2.24, 2.45) is 12.8 Å². The number of carboxylic acid groups (broad SMARTS) is 1. The van der Waals surface area contributed by atoms with E-state index in [2.05, 4.69) is 15.3 Å². The fraction of sp³-hybridized carbons (Fsp3) is 0.160. The van der Waals surface area contributed by atoms with Crippen LogP contribution in [0, 0.1) is 5.41 Å². The Labute approximate surface area is 231 Å². The third kappa shape index (κ3) is 6.09. The molecule has 36 heavy (non-hydrogen) atoms. The van der Waals surface area contributed by atoms with Gasteiger partial charge in [0.1, 0.15) is 17.5 Å². The molecule has 2 heterocycles. The van der Waals surface area contributed by atoms with E-state index in [0.717, 1.165) is 17.0 Å². The Morgan fingerprint density at radius 1 is 1.14 bits per heavy atom. The van der Waals surface area contributed by atoms with E-state index in [1.165, 1.54) is 4.90 Å². The summed E-state index contributed by atoms with van der Waals surface area (Å²) < 4.78 is 1.95. The van der Waals surface area contributed by atoms with Crippen LogP contribution in [0.5, 0.6) is 0 Å². The number of nitrogens with two attached hydrogens (primary N) is 1. The molecule has 0 bridgehead atoms. The molecule has 0 atom stereocenters. The van der Waals surface area contributed by atoms with Gasteiger partial charge in [-0.3, -0.25) is 19.9 Å². The van der Waals surface area contributed by atoms with Crippen LogP contribution in [0.4, 0.5) is 11.5 Å². The first-order chi connectivity index (χ1) is 16.8. The fourth-order valence-electron chi connectivity index (χ4n) is 3.69. The Morgan fingerprint density at radius 3 is 2.50 bits per heavy atom. The first-order valence-electron chi connectivity index (χ1n) is 10.9. The molecule has 0 aliphatic carbocycles. The van der Waals surface area contributed by atoms with Crippen LogP contribution in [0.15, 0.2) is 66.9 Å². The number of carboxylic acids is 1. The van der Waals surface area contributed by atoms with Gasteiger partial charge in [0.25, 0.3) is 5.91 Å². The van der Waals surface area contributed by atoms with Gasteiger partial charge in [0.05, 0.1) is 24.0 Å². The molecule has 0 saturated carbocycles. The Bertz CT molecular complexity index is 1390. The van der Waals surface area contributed by atoms with Crippen LogP contribution in [-0.2, 0) is 18.4 Å². The van der Waals surface area contributed by atoms with E-state index in [1.807, 2.05) is 29.8 Å². The Kier molecular flexibility index (Phi) is 8.81. The van der Waals surface area contributed by atoms with Crippen molar-refractivity contribution in [2.75, 3.05) is 16.8 Å². The normalized spacial score (nSPS) is 10.5. The Balaban J connectivity index is 0.00000241. The van der Waals surface area contributed by atoms with Crippen molar-refractivity contribution in [1.29, 1.82) is 5.41 Å².